The molecule has 26 heavy (non-hydrogen) atoms. The molecule has 1 aromatic rings. The van der Waals surface area contributed by atoms with E-state index in [1.54, 1.807) is 11.9 Å². The minimum absolute atomic E-state index is 0.0415. The van der Waals surface area contributed by atoms with Gasteiger partial charge in [0.05, 0.1) is 18.1 Å². The van der Waals surface area contributed by atoms with Gasteiger partial charge in [-0.25, -0.2) is 0 Å². The van der Waals surface area contributed by atoms with Gasteiger partial charge in [-0.15, -0.1) is 0 Å². The molecule has 0 aliphatic carbocycles. The van der Waals surface area contributed by atoms with Gasteiger partial charge in [0.2, 0.25) is 5.91 Å². The first kappa shape index (κ1) is 18.9. The average molecular weight is 360 g/mol. The van der Waals surface area contributed by atoms with Gasteiger partial charge in [0.1, 0.15) is 0 Å². The van der Waals surface area contributed by atoms with E-state index in [0.29, 0.717) is 13.2 Å². The van der Waals surface area contributed by atoms with E-state index in [2.05, 4.69) is 17.0 Å². The largest absolute Gasteiger partial charge is 0.481 e. The Morgan fingerprint density at radius 2 is 1.96 bits per heavy atom. The maximum atomic E-state index is 12.0. The van der Waals surface area contributed by atoms with Crippen LogP contribution in [0.1, 0.15) is 31.2 Å². The van der Waals surface area contributed by atoms with E-state index in [1.165, 1.54) is 5.56 Å². The number of carbonyl (C=O) groups is 2. The van der Waals surface area contributed by atoms with Crippen molar-refractivity contribution in [3.8, 4) is 0 Å². The van der Waals surface area contributed by atoms with Gasteiger partial charge in [-0.3, -0.25) is 9.59 Å². The van der Waals surface area contributed by atoms with Crippen LogP contribution in [0.4, 0.5) is 0 Å². The van der Waals surface area contributed by atoms with E-state index in [4.69, 9.17) is 4.74 Å². The molecule has 1 aromatic carbocycles. The summed E-state index contributed by atoms with van der Waals surface area (Å²) in [5.41, 5.74) is 0.685. The lowest BCUT2D eigenvalue weighted by Gasteiger charge is -2.45. The van der Waals surface area contributed by atoms with Gasteiger partial charge in [-0.1, -0.05) is 30.3 Å². The molecule has 0 bridgehead atoms. The number of nitrogens with zero attached hydrogens (tertiary/aromatic N) is 2. The number of aliphatic carboxylic acids is 1. The van der Waals surface area contributed by atoms with E-state index >= 15 is 0 Å². The van der Waals surface area contributed by atoms with Crippen LogP contribution in [0.25, 0.3) is 0 Å². The maximum Gasteiger partial charge on any atom is 0.309 e. The number of ether oxygens (including phenoxy) is 1. The summed E-state index contributed by atoms with van der Waals surface area (Å²) in [5, 5.41) is 9.52. The first-order valence-corrected chi connectivity index (χ1v) is 9.36. The Bertz CT molecular complexity index is 626. The molecule has 1 N–H and O–H groups in total. The summed E-state index contributed by atoms with van der Waals surface area (Å²) in [6, 6.07) is 10.1. The maximum absolute atomic E-state index is 12.0. The van der Waals surface area contributed by atoms with Crippen molar-refractivity contribution >= 4 is 11.9 Å². The lowest BCUT2D eigenvalue weighted by molar-refractivity contribution is -0.146. The summed E-state index contributed by atoms with van der Waals surface area (Å²) >= 11 is 0. The third-order valence-electron chi connectivity index (χ3n) is 5.96. The Kier molecular flexibility index (Phi) is 5.94. The van der Waals surface area contributed by atoms with Crippen LogP contribution < -0.4 is 0 Å². The Morgan fingerprint density at radius 1 is 1.27 bits per heavy atom. The number of rotatable bonds is 7. The summed E-state index contributed by atoms with van der Waals surface area (Å²) in [4.78, 5) is 27.7. The number of carboxylic acid groups (broad SMARTS) is 1. The van der Waals surface area contributed by atoms with Gasteiger partial charge in [0.25, 0.3) is 0 Å². The highest BCUT2D eigenvalue weighted by atomic mass is 16.5. The molecule has 2 aliphatic rings. The second kappa shape index (κ2) is 8.18. The molecule has 6 heteroatoms. The van der Waals surface area contributed by atoms with E-state index in [-0.39, 0.29) is 12.3 Å². The number of hydrogen-bond donors (Lipinski definition) is 1. The zero-order valence-electron chi connectivity index (χ0n) is 15.4. The van der Waals surface area contributed by atoms with Gasteiger partial charge in [0.15, 0.2) is 0 Å². The summed E-state index contributed by atoms with van der Waals surface area (Å²) in [5.74, 6) is -1.46. The van der Waals surface area contributed by atoms with Crippen molar-refractivity contribution in [2.24, 2.45) is 5.92 Å². The first-order chi connectivity index (χ1) is 12.5. The molecule has 1 spiro atoms. The lowest BCUT2D eigenvalue weighted by Crippen LogP contribution is -2.56. The third-order valence-corrected chi connectivity index (χ3v) is 5.96. The second-order valence-corrected chi connectivity index (χ2v) is 7.38. The molecule has 6 nitrogen and oxygen atoms in total. The van der Waals surface area contributed by atoms with Gasteiger partial charge in [-0.05, 0) is 24.8 Å². The average Bonchev–Trinajstić information content (AvgIpc) is 2.89. The summed E-state index contributed by atoms with van der Waals surface area (Å²) in [6.07, 6.45) is 2.56. The molecule has 2 aliphatic heterocycles. The number of likely N-dealkylation sites (tertiary alicyclic amines) is 2. The van der Waals surface area contributed by atoms with Crippen LogP contribution in [0.15, 0.2) is 30.3 Å². The van der Waals surface area contributed by atoms with Gasteiger partial charge >= 0.3 is 5.97 Å². The quantitative estimate of drug-likeness (QED) is 0.753. The molecule has 0 radical (unpaired) electrons. The molecule has 2 heterocycles. The fourth-order valence-electron chi connectivity index (χ4n) is 4.30. The molecule has 3 rings (SSSR count). The van der Waals surface area contributed by atoms with Crippen molar-refractivity contribution in [2.45, 2.75) is 37.8 Å². The normalized spacial score (nSPS) is 22.9. The number of carbonyl (C=O) groups excluding carboxylic acids is 1. The molecular formula is C20H28N2O4. The molecule has 0 saturated carbocycles. The third kappa shape index (κ3) is 3.91. The molecule has 2 fully saturated rings. The van der Waals surface area contributed by atoms with Crippen molar-refractivity contribution in [2.75, 3.05) is 33.3 Å². The first-order valence-electron chi connectivity index (χ1n) is 9.36. The summed E-state index contributed by atoms with van der Waals surface area (Å²) in [7, 11) is 1.76. The number of hydrogen-bond acceptors (Lipinski definition) is 4. The van der Waals surface area contributed by atoms with Crippen LogP contribution in [-0.2, 0) is 20.9 Å². The van der Waals surface area contributed by atoms with Crippen molar-refractivity contribution in [3.05, 3.63) is 35.9 Å². The molecule has 1 amide bonds. The monoisotopic (exact) mass is 360 g/mol. The molecule has 2 saturated heterocycles. The standard InChI is InChI=1S/C20H28N2O4/c1-21-18(23)14-17(19(24)25)20(21)8-11-22(12-9-20)10-5-13-26-15-16-6-3-2-4-7-16/h2-4,6-7,17H,5,8-15H2,1H3,(H,24,25)/t17-/m0/s1. The fourth-order valence-corrected chi connectivity index (χ4v) is 4.30. The van der Waals surface area contributed by atoms with Gasteiger partial charge in [0, 0.05) is 39.7 Å². The zero-order valence-corrected chi connectivity index (χ0v) is 15.4. The highest BCUT2D eigenvalue weighted by Gasteiger charge is 2.55. The highest BCUT2D eigenvalue weighted by Crippen LogP contribution is 2.42. The molecular weight excluding hydrogens is 332 g/mol. The van der Waals surface area contributed by atoms with Crippen molar-refractivity contribution < 1.29 is 19.4 Å². The van der Waals surface area contributed by atoms with Crippen LogP contribution in [-0.4, -0.2) is 65.6 Å². The highest BCUT2D eigenvalue weighted by molar-refractivity contribution is 5.88. The fraction of sp³-hybridized carbons (Fsp3) is 0.600. The van der Waals surface area contributed by atoms with Crippen LogP contribution >= 0.6 is 0 Å². The lowest BCUT2D eigenvalue weighted by atomic mass is 9.77. The van der Waals surface area contributed by atoms with E-state index in [0.717, 1.165) is 38.9 Å². The van der Waals surface area contributed by atoms with E-state index in [9.17, 15) is 14.7 Å². The van der Waals surface area contributed by atoms with Gasteiger partial charge in [-0.2, -0.15) is 0 Å². The molecule has 0 aromatic heterocycles. The molecule has 0 unspecified atom stereocenters. The smallest absolute Gasteiger partial charge is 0.309 e. The van der Waals surface area contributed by atoms with Crippen molar-refractivity contribution in [1.82, 2.24) is 9.80 Å². The predicted molar refractivity (Wildman–Crippen MR) is 97.6 cm³/mol. The second-order valence-electron chi connectivity index (χ2n) is 7.38. The van der Waals surface area contributed by atoms with Crippen LogP contribution in [0.5, 0.6) is 0 Å². The molecule has 142 valence electrons. The summed E-state index contributed by atoms with van der Waals surface area (Å²) < 4.78 is 5.73. The predicted octanol–water partition coefficient (Wildman–Crippen LogP) is 1.99. The van der Waals surface area contributed by atoms with Gasteiger partial charge < -0.3 is 19.6 Å². The van der Waals surface area contributed by atoms with Crippen molar-refractivity contribution in [1.29, 1.82) is 0 Å². The summed E-state index contributed by atoms with van der Waals surface area (Å²) in [6.45, 7) is 3.96. The van der Waals surface area contributed by atoms with E-state index < -0.39 is 17.4 Å². The molecule has 1 atom stereocenters. The SMILES string of the molecule is CN1C(=O)C[C@@H](C(=O)O)C12CCN(CCCOCc1ccccc1)CC2. The van der Waals surface area contributed by atoms with Crippen LogP contribution in [0.2, 0.25) is 0 Å². The zero-order chi connectivity index (χ0) is 18.6. The number of carboxylic acids is 1. The Hall–Kier alpha value is -1.92. The number of amides is 1. The van der Waals surface area contributed by atoms with Crippen LogP contribution in [0, 0.1) is 5.92 Å². The topological polar surface area (TPSA) is 70.1 Å². The van der Waals surface area contributed by atoms with Crippen LogP contribution in [0.3, 0.4) is 0 Å². The Balaban J connectivity index is 1.41. The Morgan fingerprint density at radius 3 is 2.62 bits per heavy atom. The Labute approximate surface area is 154 Å². The van der Waals surface area contributed by atoms with E-state index in [1.807, 2.05) is 18.2 Å². The minimum atomic E-state index is -0.842. The van der Waals surface area contributed by atoms with Crippen molar-refractivity contribution in [3.63, 3.8) is 0 Å². The number of benzene rings is 1. The minimum Gasteiger partial charge on any atom is -0.481 e. The number of piperidine rings is 1.